The number of anilines is 1. The van der Waals surface area contributed by atoms with Gasteiger partial charge in [-0.1, -0.05) is 0 Å². The van der Waals surface area contributed by atoms with Crippen molar-refractivity contribution in [1.29, 1.82) is 10.8 Å². The molecule has 1 aliphatic heterocycles. The van der Waals surface area contributed by atoms with E-state index in [1.165, 1.54) is 12.1 Å². The fourth-order valence-electron chi connectivity index (χ4n) is 2.15. The van der Waals surface area contributed by atoms with E-state index < -0.39 is 11.7 Å². The lowest BCUT2D eigenvalue weighted by atomic mass is 10.2. The van der Waals surface area contributed by atoms with E-state index >= 15 is 0 Å². The second-order valence-corrected chi connectivity index (χ2v) is 5.34. The third-order valence-corrected chi connectivity index (χ3v) is 3.54. The van der Waals surface area contributed by atoms with Gasteiger partial charge >= 0.3 is 6.18 Å². The zero-order valence-electron chi connectivity index (χ0n) is 12.7. The molecule has 23 heavy (non-hydrogen) atoms. The number of benzene rings is 1. The topological polar surface area (TPSA) is 78.2 Å². The minimum Gasteiger partial charge on any atom is -0.340 e. The van der Waals surface area contributed by atoms with Crippen molar-refractivity contribution in [2.75, 3.05) is 38.5 Å². The number of rotatable bonds is 1. The molecule has 6 nitrogen and oxygen atoms in total. The molecule has 9 heteroatoms. The van der Waals surface area contributed by atoms with Gasteiger partial charge in [-0.2, -0.15) is 13.2 Å². The Morgan fingerprint density at radius 2 is 1.61 bits per heavy atom. The summed E-state index contributed by atoms with van der Waals surface area (Å²) in [6, 6.07) is 4.39. The van der Waals surface area contributed by atoms with Crippen LogP contribution in [0.3, 0.4) is 0 Å². The molecule has 1 fully saturated rings. The summed E-state index contributed by atoms with van der Waals surface area (Å²) in [6.45, 7) is 3.05. The molecule has 2 rings (SSSR count). The van der Waals surface area contributed by atoms with Crippen LogP contribution in [0.25, 0.3) is 0 Å². The highest BCUT2D eigenvalue weighted by atomic mass is 19.4. The fraction of sp³-hybridized carbons (Fsp3) is 0.429. The van der Waals surface area contributed by atoms with E-state index in [1.54, 1.807) is 0 Å². The maximum atomic E-state index is 12.5. The number of likely N-dealkylation sites (N-methyl/N-ethyl adjacent to an activating group) is 1. The number of alkyl halides is 3. The first-order chi connectivity index (χ1) is 10.8. The Balaban J connectivity index is 1.86. The van der Waals surface area contributed by atoms with Gasteiger partial charge in [0.05, 0.1) is 5.56 Å². The molecule has 126 valence electrons. The number of nitrogens with one attached hydrogen (secondary N) is 4. The molecule has 1 aliphatic rings. The van der Waals surface area contributed by atoms with Gasteiger partial charge in [0.15, 0.2) is 11.9 Å². The molecule has 0 atom stereocenters. The van der Waals surface area contributed by atoms with Crippen LogP contribution in [0.15, 0.2) is 24.3 Å². The second kappa shape index (κ2) is 6.86. The summed E-state index contributed by atoms with van der Waals surface area (Å²) in [6.07, 6.45) is -4.38. The van der Waals surface area contributed by atoms with Gasteiger partial charge in [-0.25, -0.2) is 0 Å². The van der Waals surface area contributed by atoms with Crippen molar-refractivity contribution >= 4 is 17.6 Å². The Morgan fingerprint density at radius 1 is 1.04 bits per heavy atom. The first-order valence-electron chi connectivity index (χ1n) is 7.07. The zero-order valence-corrected chi connectivity index (χ0v) is 12.7. The van der Waals surface area contributed by atoms with Crippen molar-refractivity contribution in [3.05, 3.63) is 29.8 Å². The maximum absolute atomic E-state index is 12.5. The molecule has 0 radical (unpaired) electrons. The predicted molar refractivity (Wildman–Crippen MR) is 82.7 cm³/mol. The van der Waals surface area contributed by atoms with Crippen molar-refractivity contribution in [3.63, 3.8) is 0 Å². The number of piperazine rings is 1. The SMILES string of the molecule is CN1CCN(C(=N)NC(=N)Nc2ccc(C(F)(F)F)cc2)CC1. The summed E-state index contributed by atoms with van der Waals surface area (Å²) < 4.78 is 37.4. The smallest absolute Gasteiger partial charge is 0.340 e. The molecule has 0 bridgehead atoms. The van der Waals surface area contributed by atoms with Crippen LogP contribution in [0.2, 0.25) is 0 Å². The van der Waals surface area contributed by atoms with E-state index in [1.807, 2.05) is 11.9 Å². The Kier molecular flexibility index (Phi) is 5.09. The van der Waals surface area contributed by atoms with Gasteiger partial charge in [0.25, 0.3) is 0 Å². The molecule has 1 saturated heterocycles. The van der Waals surface area contributed by atoms with E-state index in [0.29, 0.717) is 18.8 Å². The Hall–Kier alpha value is -2.29. The third-order valence-electron chi connectivity index (χ3n) is 3.54. The number of halogens is 3. The molecule has 0 amide bonds. The average molecular weight is 328 g/mol. The lowest BCUT2D eigenvalue weighted by Crippen LogP contribution is -2.52. The Labute approximate surface area is 132 Å². The lowest BCUT2D eigenvalue weighted by Gasteiger charge is -2.34. The lowest BCUT2D eigenvalue weighted by molar-refractivity contribution is -0.137. The van der Waals surface area contributed by atoms with Crippen molar-refractivity contribution in [3.8, 4) is 0 Å². The monoisotopic (exact) mass is 328 g/mol. The molecular weight excluding hydrogens is 309 g/mol. The summed E-state index contributed by atoms with van der Waals surface area (Å²) >= 11 is 0. The summed E-state index contributed by atoms with van der Waals surface area (Å²) in [7, 11) is 2.00. The molecular formula is C14H19F3N6. The molecule has 0 aliphatic carbocycles. The van der Waals surface area contributed by atoms with Crippen LogP contribution in [0.4, 0.5) is 18.9 Å². The highest BCUT2D eigenvalue weighted by Gasteiger charge is 2.29. The first-order valence-corrected chi connectivity index (χ1v) is 7.07. The van der Waals surface area contributed by atoms with Crippen molar-refractivity contribution in [2.24, 2.45) is 0 Å². The van der Waals surface area contributed by atoms with Crippen molar-refractivity contribution in [1.82, 2.24) is 15.1 Å². The first kappa shape index (κ1) is 17.1. The van der Waals surface area contributed by atoms with Crippen LogP contribution in [0, 0.1) is 10.8 Å². The minimum absolute atomic E-state index is 0.0995. The minimum atomic E-state index is -4.38. The molecule has 0 unspecified atom stereocenters. The van der Waals surface area contributed by atoms with Crippen LogP contribution in [-0.4, -0.2) is 54.9 Å². The fourth-order valence-corrected chi connectivity index (χ4v) is 2.15. The molecule has 1 heterocycles. The molecule has 0 spiro atoms. The van der Waals surface area contributed by atoms with Gasteiger partial charge in [-0.3, -0.25) is 16.1 Å². The van der Waals surface area contributed by atoms with Gasteiger partial charge in [-0.15, -0.1) is 0 Å². The molecule has 0 saturated carbocycles. The van der Waals surface area contributed by atoms with Gasteiger partial charge in [0, 0.05) is 31.9 Å². The standard InChI is InChI=1S/C14H19F3N6/c1-22-6-8-23(9-7-22)13(19)21-12(18)20-11-4-2-10(3-5-11)14(15,16)17/h2-5H,6-9H2,1H3,(H4,18,19,20,21). The summed E-state index contributed by atoms with van der Waals surface area (Å²) in [5, 5.41) is 20.9. The summed E-state index contributed by atoms with van der Waals surface area (Å²) in [5.41, 5.74) is -0.394. The quantitative estimate of drug-likeness (QED) is 0.468. The van der Waals surface area contributed by atoms with E-state index in [9.17, 15) is 13.2 Å². The number of hydrogen-bond acceptors (Lipinski definition) is 3. The largest absolute Gasteiger partial charge is 0.416 e. The van der Waals surface area contributed by atoms with Crippen LogP contribution < -0.4 is 10.6 Å². The number of nitrogens with zero attached hydrogens (tertiary/aromatic N) is 2. The van der Waals surface area contributed by atoms with Crippen LogP contribution >= 0.6 is 0 Å². The molecule has 4 N–H and O–H groups in total. The summed E-state index contributed by atoms with van der Waals surface area (Å²) in [4.78, 5) is 3.96. The Morgan fingerprint density at radius 3 is 2.13 bits per heavy atom. The average Bonchev–Trinajstić information content (AvgIpc) is 2.47. The molecule has 1 aromatic carbocycles. The predicted octanol–water partition coefficient (Wildman–Crippen LogP) is 1.82. The van der Waals surface area contributed by atoms with Crippen LogP contribution in [-0.2, 0) is 6.18 Å². The van der Waals surface area contributed by atoms with E-state index in [-0.39, 0.29) is 11.9 Å². The highest BCUT2D eigenvalue weighted by Crippen LogP contribution is 2.29. The van der Waals surface area contributed by atoms with Crippen LogP contribution in [0.1, 0.15) is 5.56 Å². The van der Waals surface area contributed by atoms with E-state index in [2.05, 4.69) is 15.5 Å². The van der Waals surface area contributed by atoms with Gasteiger partial charge in [-0.05, 0) is 31.3 Å². The zero-order chi connectivity index (χ0) is 17.0. The number of guanidine groups is 2. The maximum Gasteiger partial charge on any atom is 0.416 e. The number of hydrogen-bond donors (Lipinski definition) is 4. The van der Waals surface area contributed by atoms with E-state index in [4.69, 9.17) is 10.8 Å². The van der Waals surface area contributed by atoms with Crippen molar-refractivity contribution in [2.45, 2.75) is 6.18 Å². The molecule has 0 aromatic heterocycles. The van der Waals surface area contributed by atoms with Gasteiger partial charge in [0.2, 0.25) is 0 Å². The van der Waals surface area contributed by atoms with E-state index in [0.717, 1.165) is 25.2 Å². The van der Waals surface area contributed by atoms with Crippen LogP contribution in [0.5, 0.6) is 0 Å². The normalized spacial score (nSPS) is 16.1. The summed E-state index contributed by atoms with van der Waals surface area (Å²) in [5.74, 6) is -0.0591. The molecule has 1 aromatic rings. The van der Waals surface area contributed by atoms with Gasteiger partial charge < -0.3 is 15.1 Å². The third kappa shape index (κ3) is 4.85. The Bertz CT molecular complexity index is 561. The van der Waals surface area contributed by atoms with Crippen molar-refractivity contribution < 1.29 is 13.2 Å². The van der Waals surface area contributed by atoms with Gasteiger partial charge in [0.1, 0.15) is 0 Å². The highest BCUT2D eigenvalue weighted by molar-refractivity contribution is 6.02. The second-order valence-electron chi connectivity index (χ2n) is 5.34.